The van der Waals surface area contributed by atoms with Crippen molar-refractivity contribution >= 4 is 5.91 Å². The van der Waals surface area contributed by atoms with Crippen LogP contribution in [-0.2, 0) is 4.79 Å². The molecule has 1 aromatic carbocycles. The van der Waals surface area contributed by atoms with E-state index in [1.807, 2.05) is 0 Å². The summed E-state index contributed by atoms with van der Waals surface area (Å²) >= 11 is 0. The van der Waals surface area contributed by atoms with E-state index in [2.05, 4.69) is 5.32 Å². The van der Waals surface area contributed by atoms with E-state index in [0.717, 1.165) is 12.1 Å². The van der Waals surface area contributed by atoms with Crippen molar-refractivity contribution in [1.82, 2.24) is 5.32 Å². The SMILES string of the molecule is N#C[C@H](NC(=O)[C@H]1C[C@@H]1[N+](=O)[O-])c1ccc(F)cc1F. The molecule has 0 spiro atoms. The summed E-state index contributed by atoms with van der Waals surface area (Å²) in [6, 6.07) is 2.03. The van der Waals surface area contributed by atoms with Gasteiger partial charge < -0.3 is 5.32 Å². The Bertz CT molecular complexity index is 614. The number of hydrogen-bond donors (Lipinski definition) is 1. The summed E-state index contributed by atoms with van der Waals surface area (Å²) in [6.07, 6.45) is 0.100. The van der Waals surface area contributed by atoms with E-state index in [0.29, 0.717) is 6.07 Å². The average Bonchev–Trinajstić information content (AvgIpc) is 3.16. The first-order chi connectivity index (χ1) is 9.43. The smallest absolute Gasteiger partial charge is 0.231 e. The number of halogens is 2. The number of carbonyl (C=O) groups excluding carboxylic acids is 1. The maximum absolute atomic E-state index is 13.5. The molecule has 0 heterocycles. The van der Waals surface area contributed by atoms with Gasteiger partial charge in [-0.2, -0.15) is 5.26 Å². The van der Waals surface area contributed by atoms with Gasteiger partial charge in [-0.1, -0.05) is 6.07 Å². The Morgan fingerprint density at radius 2 is 2.25 bits per heavy atom. The van der Waals surface area contributed by atoms with E-state index in [1.165, 1.54) is 0 Å². The Morgan fingerprint density at radius 3 is 2.75 bits per heavy atom. The lowest BCUT2D eigenvalue weighted by Gasteiger charge is -2.12. The predicted octanol–water partition coefficient (Wildman–Crippen LogP) is 1.31. The van der Waals surface area contributed by atoms with E-state index < -0.39 is 40.5 Å². The molecule has 1 amide bonds. The molecule has 0 saturated heterocycles. The average molecular weight is 281 g/mol. The standard InChI is InChI=1S/C12H9F2N3O3/c13-6-1-2-7(9(14)3-6)10(5-15)16-12(18)8-4-11(8)17(19)20/h1-3,8,10-11H,4H2,(H,16,18)/t8-,10-,11-/m0/s1. The number of carbonyl (C=O) groups is 1. The first-order valence-electron chi connectivity index (χ1n) is 5.72. The molecule has 3 atom stereocenters. The third kappa shape index (κ3) is 2.71. The van der Waals surface area contributed by atoms with Crippen LogP contribution < -0.4 is 5.32 Å². The van der Waals surface area contributed by atoms with E-state index in [4.69, 9.17) is 5.26 Å². The third-order valence-corrected chi connectivity index (χ3v) is 3.05. The third-order valence-electron chi connectivity index (χ3n) is 3.05. The van der Waals surface area contributed by atoms with Gasteiger partial charge in [-0.05, 0) is 6.07 Å². The molecule has 1 fully saturated rings. The second kappa shape index (κ2) is 5.21. The fraction of sp³-hybridized carbons (Fsp3) is 0.333. The number of nitriles is 1. The molecule has 1 N–H and O–H groups in total. The summed E-state index contributed by atoms with van der Waals surface area (Å²) in [5.41, 5.74) is -0.180. The van der Waals surface area contributed by atoms with Crippen LogP contribution in [0, 0.1) is 39.0 Å². The topological polar surface area (TPSA) is 96.0 Å². The maximum Gasteiger partial charge on any atom is 0.231 e. The molecule has 1 aromatic rings. The van der Waals surface area contributed by atoms with Gasteiger partial charge in [-0.15, -0.1) is 0 Å². The Labute approximate surface area is 112 Å². The van der Waals surface area contributed by atoms with Crippen LogP contribution in [0.3, 0.4) is 0 Å². The molecule has 0 radical (unpaired) electrons. The Morgan fingerprint density at radius 1 is 1.55 bits per heavy atom. The molecule has 0 unspecified atom stereocenters. The second-order valence-electron chi connectivity index (χ2n) is 4.43. The largest absolute Gasteiger partial charge is 0.336 e. The zero-order valence-electron chi connectivity index (χ0n) is 10.0. The predicted molar refractivity (Wildman–Crippen MR) is 61.7 cm³/mol. The molecule has 0 bridgehead atoms. The van der Waals surface area contributed by atoms with Crippen LogP contribution in [-0.4, -0.2) is 16.9 Å². The van der Waals surface area contributed by atoms with Crippen molar-refractivity contribution in [2.75, 3.05) is 0 Å². The summed E-state index contributed by atoms with van der Waals surface area (Å²) in [4.78, 5) is 21.6. The number of nitrogens with one attached hydrogen (secondary N) is 1. The fourth-order valence-electron chi connectivity index (χ4n) is 1.86. The molecule has 0 aromatic heterocycles. The van der Waals surface area contributed by atoms with Gasteiger partial charge in [-0.3, -0.25) is 14.9 Å². The first kappa shape index (κ1) is 13.9. The highest BCUT2D eigenvalue weighted by Crippen LogP contribution is 2.33. The van der Waals surface area contributed by atoms with Gasteiger partial charge in [0.15, 0.2) is 0 Å². The van der Waals surface area contributed by atoms with Crippen LogP contribution in [0.25, 0.3) is 0 Å². The molecule has 104 valence electrons. The summed E-state index contributed by atoms with van der Waals surface area (Å²) in [7, 11) is 0. The lowest BCUT2D eigenvalue weighted by molar-refractivity contribution is -0.497. The molecule has 1 aliphatic rings. The highest BCUT2D eigenvalue weighted by atomic mass is 19.1. The van der Waals surface area contributed by atoms with Crippen molar-refractivity contribution < 1.29 is 18.5 Å². The summed E-state index contributed by atoms with van der Waals surface area (Å²) in [5.74, 6) is -3.24. The molecule has 8 heteroatoms. The van der Waals surface area contributed by atoms with Crippen molar-refractivity contribution in [2.24, 2.45) is 5.92 Å². The highest BCUT2D eigenvalue weighted by Gasteiger charge is 2.53. The number of benzene rings is 1. The highest BCUT2D eigenvalue weighted by molar-refractivity contribution is 5.82. The molecule has 0 aliphatic heterocycles. The number of nitro groups is 1. The summed E-state index contributed by atoms with van der Waals surface area (Å²) < 4.78 is 26.3. The molecule has 1 aliphatic carbocycles. The van der Waals surface area contributed by atoms with E-state index >= 15 is 0 Å². The van der Waals surface area contributed by atoms with Crippen LogP contribution in [0.4, 0.5) is 8.78 Å². The second-order valence-corrected chi connectivity index (χ2v) is 4.43. The Kier molecular flexibility index (Phi) is 3.61. The lowest BCUT2D eigenvalue weighted by Crippen LogP contribution is -2.31. The number of hydrogen-bond acceptors (Lipinski definition) is 4. The van der Waals surface area contributed by atoms with E-state index in [-0.39, 0.29) is 12.0 Å². The minimum atomic E-state index is -1.31. The maximum atomic E-state index is 13.5. The summed E-state index contributed by atoms with van der Waals surface area (Å²) in [5, 5.41) is 21.6. The molecule has 20 heavy (non-hydrogen) atoms. The van der Waals surface area contributed by atoms with Gasteiger partial charge in [0, 0.05) is 23.0 Å². The van der Waals surface area contributed by atoms with Crippen molar-refractivity contribution in [3.05, 3.63) is 45.5 Å². The fourth-order valence-corrected chi connectivity index (χ4v) is 1.86. The number of rotatable bonds is 4. The summed E-state index contributed by atoms with van der Waals surface area (Å²) in [6.45, 7) is 0. The van der Waals surface area contributed by atoms with E-state index in [9.17, 15) is 23.7 Å². The van der Waals surface area contributed by atoms with Crippen LogP contribution in [0.2, 0.25) is 0 Å². The van der Waals surface area contributed by atoms with Crippen molar-refractivity contribution in [2.45, 2.75) is 18.5 Å². The minimum Gasteiger partial charge on any atom is -0.336 e. The monoisotopic (exact) mass is 281 g/mol. The quantitative estimate of drug-likeness (QED) is 0.664. The lowest BCUT2D eigenvalue weighted by atomic mass is 10.1. The van der Waals surface area contributed by atoms with Crippen molar-refractivity contribution in [3.63, 3.8) is 0 Å². The van der Waals surface area contributed by atoms with Gasteiger partial charge in [-0.25, -0.2) is 8.78 Å². The van der Waals surface area contributed by atoms with Gasteiger partial charge in [0.2, 0.25) is 11.9 Å². The molecule has 1 saturated carbocycles. The number of amides is 1. The van der Waals surface area contributed by atoms with Crippen molar-refractivity contribution in [1.29, 1.82) is 5.26 Å². The van der Waals surface area contributed by atoms with Crippen LogP contribution in [0.1, 0.15) is 18.0 Å². The van der Waals surface area contributed by atoms with Gasteiger partial charge in [0.25, 0.3) is 0 Å². The zero-order chi connectivity index (χ0) is 14.9. The zero-order valence-corrected chi connectivity index (χ0v) is 10.0. The molecule has 6 nitrogen and oxygen atoms in total. The van der Waals surface area contributed by atoms with Gasteiger partial charge in [0.05, 0.1) is 6.07 Å². The normalized spacial score (nSPS) is 21.6. The molecular weight excluding hydrogens is 272 g/mol. The van der Waals surface area contributed by atoms with Crippen LogP contribution in [0.5, 0.6) is 0 Å². The molecular formula is C12H9F2N3O3. The molecule has 2 rings (SSSR count). The van der Waals surface area contributed by atoms with Crippen LogP contribution in [0.15, 0.2) is 18.2 Å². The van der Waals surface area contributed by atoms with Crippen LogP contribution >= 0.6 is 0 Å². The minimum absolute atomic E-state index is 0.100. The first-order valence-corrected chi connectivity index (χ1v) is 5.72. The Hall–Kier alpha value is -2.56. The van der Waals surface area contributed by atoms with E-state index in [1.54, 1.807) is 6.07 Å². The number of nitrogens with zero attached hydrogens (tertiary/aromatic N) is 2. The van der Waals surface area contributed by atoms with Gasteiger partial charge in [0.1, 0.15) is 23.6 Å². The van der Waals surface area contributed by atoms with Gasteiger partial charge >= 0.3 is 0 Å². The van der Waals surface area contributed by atoms with Crippen molar-refractivity contribution in [3.8, 4) is 6.07 Å². The Balaban J connectivity index is 2.09.